The Labute approximate surface area is 194 Å². The molecule has 3 aliphatic rings. The van der Waals surface area contributed by atoms with E-state index in [0.717, 1.165) is 0 Å². The Bertz CT molecular complexity index is 690. The number of hydrogen-bond donors (Lipinski definition) is 10. The van der Waals surface area contributed by atoms with Crippen LogP contribution in [0.25, 0.3) is 0 Å². The molecule has 198 valence electrons. The van der Waals surface area contributed by atoms with Gasteiger partial charge in [0.15, 0.2) is 12.6 Å². The van der Waals surface area contributed by atoms with E-state index in [9.17, 15) is 51.1 Å². The maximum Gasteiger partial charge on any atom is 0.187 e. The SMILES string of the molecule is CC1C=C(CO)C(OC2OC(COC3OC(CO)C(O)C(O)C3O)C(O)C(O)C2O)C(O)C1O. The number of hydrogen-bond acceptors (Lipinski definition) is 14. The zero-order chi connectivity index (χ0) is 25.3. The Hall–Kier alpha value is -0.820. The maximum atomic E-state index is 10.4. The molecule has 14 nitrogen and oxygen atoms in total. The molecular weight excluding hydrogens is 464 g/mol. The van der Waals surface area contributed by atoms with Crippen molar-refractivity contribution in [3.05, 3.63) is 11.6 Å². The molecule has 0 aromatic carbocycles. The fraction of sp³-hybridized carbons (Fsp3) is 0.900. The predicted molar refractivity (Wildman–Crippen MR) is 108 cm³/mol. The van der Waals surface area contributed by atoms with Gasteiger partial charge < -0.3 is 70.0 Å². The first-order chi connectivity index (χ1) is 16.0. The van der Waals surface area contributed by atoms with Crippen molar-refractivity contribution in [2.24, 2.45) is 5.92 Å². The second-order valence-corrected chi connectivity index (χ2v) is 8.84. The molecule has 3 rings (SSSR count). The monoisotopic (exact) mass is 498 g/mol. The quantitative estimate of drug-likeness (QED) is 0.147. The summed E-state index contributed by atoms with van der Waals surface area (Å²) in [5.41, 5.74) is 0.218. The van der Waals surface area contributed by atoms with Crippen molar-refractivity contribution in [2.75, 3.05) is 19.8 Å². The molecule has 34 heavy (non-hydrogen) atoms. The van der Waals surface area contributed by atoms with E-state index in [-0.39, 0.29) is 5.57 Å². The predicted octanol–water partition coefficient (Wildman–Crippen LogP) is -5.71. The zero-order valence-corrected chi connectivity index (χ0v) is 18.4. The van der Waals surface area contributed by atoms with E-state index < -0.39 is 105 Å². The Morgan fingerprint density at radius 3 is 1.85 bits per heavy atom. The molecule has 2 heterocycles. The average molecular weight is 498 g/mol. The van der Waals surface area contributed by atoms with E-state index >= 15 is 0 Å². The highest BCUT2D eigenvalue weighted by atomic mass is 16.7. The van der Waals surface area contributed by atoms with Gasteiger partial charge in [0.25, 0.3) is 0 Å². The Morgan fingerprint density at radius 2 is 1.26 bits per heavy atom. The fourth-order valence-corrected chi connectivity index (χ4v) is 4.26. The van der Waals surface area contributed by atoms with E-state index in [1.165, 1.54) is 6.08 Å². The van der Waals surface area contributed by atoms with Crippen molar-refractivity contribution in [1.29, 1.82) is 0 Å². The van der Waals surface area contributed by atoms with E-state index in [2.05, 4.69) is 0 Å². The van der Waals surface area contributed by atoms with Gasteiger partial charge in [-0.2, -0.15) is 0 Å². The molecule has 1 aliphatic carbocycles. The van der Waals surface area contributed by atoms with E-state index in [0.29, 0.717) is 0 Å². The second-order valence-electron chi connectivity index (χ2n) is 8.84. The molecule has 0 amide bonds. The van der Waals surface area contributed by atoms with Gasteiger partial charge in [-0.05, 0) is 5.57 Å². The van der Waals surface area contributed by atoms with Crippen LogP contribution in [0, 0.1) is 5.92 Å². The standard InChI is InChI=1S/C20H34O14/c1-6-2-7(3-21)18(15(28)10(6)23)34-20-17(30)14(27)12(25)9(33-20)5-31-19-16(29)13(26)11(24)8(4-22)32-19/h2,6,8-30H,3-5H2,1H3. The van der Waals surface area contributed by atoms with Gasteiger partial charge in [-0.15, -0.1) is 0 Å². The Kier molecular flexibility index (Phi) is 9.38. The molecular formula is C20H34O14. The minimum Gasteiger partial charge on any atom is -0.394 e. The van der Waals surface area contributed by atoms with Gasteiger partial charge in [0.05, 0.1) is 25.9 Å². The topological polar surface area (TPSA) is 239 Å². The van der Waals surface area contributed by atoms with Crippen LogP contribution in [0.4, 0.5) is 0 Å². The number of ether oxygens (including phenoxy) is 4. The summed E-state index contributed by atoms with van der Waals surface area (Å²) < 4.78 is 21.6. The highest BCUT2D eigenvalue weighted by molar-refractivity contribution is 5.19. The summed E-state index contributed by atoms with van der Waals surface area (Å²) in [5.74, 6) is -0.485. The second kappa shape index (κ2) is 11.5. The first-order valence-corrected chi connectivity index (χ1v) is 11.0. The fourth-order valence-electron chi connectivity index (χ4n) is 4.26. The molecule has 0 radical (unpaired) electrons. The number of aliphatic hydroxyl groups excluding tert-OH is 10. The smallest absolute Gasteiger partial charge is 0.187 e. The molecule has 14 unspecified atom stereocenters. The maximum absolute atomic E-state index is 10.4. The molecule has 2 aliphatic heterocycles. The third kappa shape index (κ3) is 5.45. The van der Waals surface area contributed by atoms with Crippen LogP contribution in [-0.2, 0) is 18.9 Å². The van der Waals surface area contributed by atoms with Crippen LogP contribution in [-0.4, -0.2) is 151 Å². The van der Waals surface area contributed by atoms with Gasteiger partial charge >= 0.3 is 0 Å². The van der Waals surface area contributed by atoms with Crippen molar-refractivity contribution >= 4 is 0 Å². The van der Waals surface area contributed by atoms with Crippen LogP contribution >= 0.6 is 0 Å². The van der Waals surface area contributed by atoms with E-state index in [4.69, 9.17) is 18.9 Å². The van der Waals surface area contributed by atoms with Crippen LogP contribution in [0.15, 0.2) is 11.6 Å². The molecule has 10 N–H and O–H groups in total. The third-order valence-electron chi connectivity index (χ3n) is 6.45. The third-order valence-corrected chi connectivity index (χ3v) is 6.45. The molecule has 14 atom stereocenters. The number of rotatable bonds is 7. The van der Waals surface area contributed by atoms with Gasteiger partial charge in [-0.3, -0.25) is 0 Å². The summed E-state index contributed by atoms with van der Waals surface area (Å²) in [6.07, 6.45) is -18.5. The van der Waals surface area contributed by atoms with E-state index in [1.807, 2.05) is 0 Å². The average Bonchev–Trinajstić information content (AvgIpc) is 2.82. The first-order valence-electron chi connectivity index (χ1n) is 11.0. The van der Waals surface area contributed by atoms with Crippen LogP contribution < -0.4 is 0 Å². The number of aliphatic hydroxyl groups is 10. The molecule has 0 spiro atoms. The summed E-state index contributed by atoms with van der Waals surface area (Å²) in [7, 11) is 0. The lowest BCUT2D eigenvalue weighted by Gasteiger charge is -2.44. The largest absolute Gasteiger partial charge is 0.394 e. The van der Waals surface area contributed by atoms with Crippen molar-refractivity contribution in [2.45, 2.75) is 86.6 Å². The lowest BCUT2D eigenvalue weighted by atomic mass is 9.85. The molecule has 2 fully saturated rings. The highest BCUT2D eigenvalue weighted by Crippen LogP contribution is 2.31. The van der Waals surface area contributed by atoms with E-state index in [1.54, 1.807) is 6.92 Å². The lowest BCUT2D eigenvalue weighted by molar-refractivity contribution is -0.338. The van der Waals surface area contributed by atoms with Gasteiger partial charge in [-0.1, -0.05) is 13.0 Å². The molecule has 0 aromatic heterocycles. The van der Waals surface area contributed by atoms with Gasteiger partial charge in [-0.25, -0.2) is 0 Å². The van der Waals surface area contributed by atoms with Crippen LogP contribution in [0.1, 0.15) is 6.92 Å². The molecule has 2 saturated heterocycles. The minimum absolute atomic E-state index is 0.218. The zero-order valence-electron chi connectivity index (χ0n) is 18.4. The lowest BCUT2D eigenvalue weighted by Crippen LogP contribution is -2.62. The van der Waals surface area contributed by atoms with Crippen molar-refractivity contribution in [1.82, 2.24) is 0 Å². The summed E-state index contributed by atoms with van der Waals surface area (Å²) in [5, 5.41) is 100. The summed E-state index contributed by atoms with van der Waals surface area (Å²) in [6, 6.07) is 0. The molecule has 14 heteroatoms. The summed E-state index contributed by atoms with van der Waals surface area (Å²) in [4.78, 5) is 0. The molecule has 0 aromatic rings. The normalized spacial score (nSPS) is 50.1. The van der Waals surface area contributed by atoms with Crippen LogP contribution in [0.2, 0.25) is 0 Å². The van der Waals surface area contributed by atoms with Gasteiger partial charge in [0, 0.05) is 5.92 Å². The molecule has 0 bridgehead atoms. The van der Waals surface area contributed by atoms with Crippen molar-refractivity contribution in [3.8, 4) is 0 Å². The first kappa shape index (κ1) is 27.8. The summed E-state index contributed by atoms with van der Waals surface area (Å²) in [6.45, 7) is -0.124. The highest BCUT2D eigenvalue weighted by Gasteiger charge is 2.49. The Balaban J connectivity index is 1.68. The van der Waals surface area contributed by atoms with Crippen LogP contribution in [0.3, 0.4) is 0 Å². The van der Waals surface area contributed by atoms with Crippen molar-refractivity contribution in [3.63, 3.8) is 0 Å². The van der Waals surface area contributed by atoms with Gasteiger partial charge in [0.2, 0.25) is 0 Å². The summed E-state index contributed by atoms with van der Waals surface area (Å²) >= 11 is 0. The minimum atomic E-state index is -1.78. The van der Waals surface area contributed by atoms with Gasteiger partial charge in [0.1, 0.15) is 61.0 Å². The van der Waals surface area contributed by atoms with Crippen molar-refractivity contribution < 1.29 is 70.0 Å². The molecule has 0 saturated carbocycles. The van der Waals surface area contributed by atoms with Crippen LogP contribution in [0.5, 0.6) is 0 Å². The Morgan fingerprint density at radius 1 is 0.706 bits per heavy atom.